The Kier molecular flexibility index (Phi) is 5.75. The maximum Gasteiger partial charge on any atom is 0.185 e. The van der Waals surface area contributed by atoms with Crippen molar-refractivity contribution in [1.82, 2.24) is 0 Å². The Hall–Kier alpha value is -1.09. The van der Waals surface area contributed by atoms with E-state index >= 15 is 0 Å². The van der Waals surface area contributed by atoms with E-state index in [9.17, 15) is 5.11 Å². The molecule has 0 amide bonds. The lowest BCUT2D eigenvalue weighted by Crippen LogP contribution is -2.60. The van der Waals surface area contributed by atoms with Crippen molar-refractivity contribution in [3.05, 3.63) is 11.6 Å². The van der Waals surface area contributed by atoms with Gasteiger partial charge in [0.15, 0.2) is 8.32 Å². The Labute approximate surface area is 183 Å². The highest BCUT2D eigenvalue weighted by Gasteiger charge is 2.68. The van der Waals surface area contributed by atoms with Crippen LogP contribution in [0.3, 0.4) is 0 Å². The Bertz CT molecular complexity index is 778. The molecule has 0 aromatic carbocycles. The molecule has 5 heteroatoms. The van der Waals surface area contributed by atoms with Crippen molar-refractivity contribution >= 4 is 14.0 Å². The van der Waals surface area contributed by atoms with Gasteiger partial charge in [-0.15, -0.1) is 6.42 Å². The number of terminal acetylenes is 1. The van der Waals surface area contributed by atoms with E-state index < -0.39 is 20.0 Å². The first-order valence-electron chi connectivity index (χ1n) is 11.9. The molecule has 0 heterocycles. The quantitative estimate of drug-likeness (QED) is 0.382. The molecule has 0 saturated heterocycles. The number of aliphatic hydroxyl groups excluding tert-OH is 1. The minimum atomic E-state index is -1.92. The standard InChI is InChI=1S/C25H39NO3Si/c1-7-24-14-13-20-19-12-10-18(26-28-3)15-17(19)9-11-21(20)22(24)16-23(27)25(24,8-2)29-30(4,5)6/h2,15,19-23,27H,7,9-14,16H2,1,3-6H3/b26-18+/t19-,20+,21+,22-,23-,24-,25-/m0/s1. The SMILES string of the molecule is C#C[C@]1(O[Si](C)(C)C)[C@@H](O)C[C@H]2[C@@H]3CCC4=C/C(=N/OC)CC[C@@H]4[C@H]3CC[C@@]21CC. The first-order chi connectivity index (χ1) is 14.2. The number of fused-ring (bicyclic) bond motifs is 5. The summed E-state index contributed by atoms with van der Waals surface area (Å²) in [5.41, 5.74) is 1.75. The molecule has 0 bridgehead atoms. The fourth-order valence-corrected chi connectivity index (χ4v) is 9.19. The smallest absolute Gasteiger partial charge is 0.185 e. The third kappa shape index (κ3) is 3.22. The van der Waals surface area contributed by atoms with Gasteiger partial charge in [0.2, 0.25) is 0 Å². The first kappa shape index (κ1) is 22.1. The summed E-state index contributed by atoms with van der Waals surface area (Å²) in [5.74, 6) is 5.52. The third-order valence-corrected chi connectivity index (χ3v) is 9.66. The lowest BCUT2D eigenvalue weighted by atomic mass is 9.49. The van der Waals surface area contributed by atoms with Crippen molar-refractivity contribution in [2.75, 3.05) is 7.11 Å². The van der Waals surface area contributed by atoms with Crippen molar-refractivity contribution < 1.29 is 14.4 Å². The van der Waals surface area contributed by atoms with Gasteiger partial charge in [0.1, 0.15) is 12.7 Å². The van der Waals surface area contributed by atoms with Crippen LogP contribution < -0.4 is 0 Å². The van der Waals surface area contributed by atoms with E-state index in [1.165, 1.54) is 19.3 Å². The van der Waals surface area contributed by atoms with Gasteiger partial charge in [-0.05, 0) is 101 Å². The molecule has 0 unspecified atom stereocenters. The molecule has 4 rings (SSSR count). The Morgan fingerprint density at radius 1 is 1.23 bits per heavy atom. The summed E-state index contributed by atoms with van der Waals surface area (Å²) < 4.78 is 6.75. The average molecular weight is 430 g/mol. The minimum Gasteiger partial charge on any atom is -0.399 e. The summed E-state index contributed by atoms with van der Waals surface area (Å²) in [4.78, 5) is 5.03. The van der Waals surface area contributed by atoms with Gasteiger partial charge in [0.25, 0.3) is 0 Å². The highest BCUT2D eigenvalue weighted by atomic mass is 28.4. The van der Waals surface area contributed by atoms with Crippen LogP contribution in [-0.2, 0) is 9.26 Å². The van der Waals surface area contributed by atoms with E-state index in [4.69, 9.17) is 15.7 Å². The first-order valence-corrected chi connectivity index (χ1v) is 15.3. The molecular weight excluding hydrogens is 390 g/mol. The number of oxime groups is 1. The van der Waals surface area contributed by atoms with E-state index in [1.807, 2.05) is 0 Å². The van der Waals surface area contributed by atoms with E-state index in [-0.39, 0.29) is 5.41 Å². The van der Waals surface area contributed by atoms with Crippen LogP contribution in [0.4, 0.5) is 0 Å². The van der Waals surface area contributed by atoms with Crippen LogP contribution in [0.1, 0.15) is 58.3 Å². The summed E-state index contributed by atoms with van der Waals surface area (Å²) in [6, 6.07) is 0. The number of rotatable bonds is 4. The van der Waals surface area contributed by atoms with Crippen molar-refractivity contribution in [3.8, 4) is 12.3 Å². The second-order valence-corrected chi connectivity index (χ2v) is 15.4. The van der Waals surface area contributed by atoms with E-state index in [1.54, 1.807) is 12.7 Å². The van der Waals surface area contributed by atoms with Crippen molar-refractivity contribution in [1.29, 1.82) is 0 Å². The summed E-state index contributed by atoms with van der Waals surface area (Å²) in [7, 11) is -0.290. The second kappa shape index (κ2) is 7.80. The van der Waals surface area contributed by atoms with E-state index in [2.05, 4.69) is 43.7 Å². The molecule has 7 atom stereocenters. The van der Waals surface area contributed by atoms with Gasteiger partial charge >= 0.3 is 0 Å². The molecule has 3 saturated carbocycles. The molecule has 0 spiro atoms. The molecule has 0 aliphatic heterocycles. The molecule has 0 radical (unpaired) electrons. The van der Waals surface area contributed by atoms with E-state index in [0.717, 1.165) is 37.8 Å². The fraction of sp³-hybridized carbons (Fsp3) is 0.800. The Morgan fingerprint density at radius 2 is 2.00 bits per heavy atom. The Morgan fingerprint density at radius 3 is 2.63 bits per heavy atom. The number of aliphatic hydroxyl groups is 1. The second-order valence-electron chi connectivity index (χ2n) is 11.0. The lowest BCUT2D eigenvalue weighted by molar-refractivity contribution is -0.113. The predicted octanol–water partition coefficient (Wildman–Crippen LogP) is 5.15. The van der Waals surface area contributed by atoms with Crippen LogP contribution in [0.15, 0.2) is 16.8 Å². The molecule has 1 N–H and O–H groups in total. The van der Waals surface area contributed by atoms with E-state index in [0.29, 0.717) is 23.7 Å². The van der Waals surface area contributed by atoms with Gasteiger partial charge in [-0.3, -0.25) is 0 Å². The molecule has 166 valence electrons. The minimum absolute atomic E-state index is 0.0961. The topological polar surface area (TPSA) is 51.0 Å². The van der Waals surface area contributed by atoms with Gasteiger partial charge < -0.3 is 14.4 Å². The molecule has 3 fully saturated rings. The van der Waals surface area contributed by atoms with Gasteiger partial charge in [0.05, 0.1) is 11.8 Å². The van der Waals surface area contributed by atoms with Crippen LogP contribution in [0.5, 0.6) is 0 Å². The van der Waals surface area contributed by atoms with Gasteiger partial charge in [-0.2, -0.15) is 0 Å². The zero-order valence-electron chi connectivity index (χ0n) is 19.4. The molecule has 0 aromatic heterocycles. The zero-order chi connectivity index (χ0) is 21.7. The van der Waals surface area contributed by atoms with Crippen LogP contribution in [-0.4, -0.2) is 38.0 Å². The zero-order valence-corrected chi connectivity index (χ0v) is 20.4. The van der Waals surface area contributed by atoms with Crippen molar-refractivity contribution in [3.63, 3.8) is 0 Å². The number of hydrogen-bond acceptors (Lipinski definition) is 4. The monoisotopic (exact) mass is 429 g/mol. The largest absolute Gasteiger partial charge is 0.399 e. The van der Waals surface area contributed by atoms with Crippen molar-refractivity contribution in [2.24, 2.45) is 34.2 Å². The van der Waals surface area contributed by atoms with Crippen LogP contribution in [0, 0.1) is 41.4 Å². The molecule has 4 nitrogen and oxygen atoms in total. The van der Waals surface area contributed by atoms with Gasteiger partial charge in [0, 0.05) is 5.41 Å². The number of nitrogens with zero attached hydrogens (tertiary/aromatic N) is 1. The van der Waals surface area contributed by atoms with Crippen molar-refractivity contribution in [2.45, 2.75) is 89.6 Å². The fourth-order valence-electron chi connectivity index (χ4n) is 7.82. The molecule has 4 aliphatic rings. The maximum atomic E-state index is 11.4. The third-order valence-electron chi connectivity index (χ3n) is 8.73. The highest BCUT2D eigenvalue weighted by Crippen LogP contribution is 2.67. The summed E-state index contributed by atoms with van der Waals surface area (Å²) in [6.07, 6.45) is 16.5. The van der Waals surface area contributed by atoms with Gasteiger partial charge in [-0.1, -0.05) is 23.6 Å². The van der Waals surface area contributed by atoms with Crippen LogP contribution in [0.25, 0.3) is 0 Å². The molecular formula is C25H39NO3Si. The normalized spacial score (nSPS) is 44.5. The number of allylic oxidation sites excluding steroid dienone is 2. The van der Waals surface area contributed by atoms with Gasteiger partial charge in [-0.25, -0.2) is 0 Å². The summed E-state index contributed by atoms with van der Waals surface area (Å²) in [5, 5.41) is 15.6. The predicted molar refractivity (Wildman–Crippen MR) is 124 cm³/mol. The Balaban J connectivity index is 1.67. The number of hydrogen-bond donors (Lipinski definition) is 1. The highest BCUT2D eigenvalue weighted by molar-refractivity contribution is 6.69. The molecule has 0 aromatic rings. The summed E-state index contributed by atoms with van der Waals surface area (Å²) in [6.45, 7) is 8.85. The summed E-state index contributed by atoms with van der Waals surface area (Å²) >= 11 is 0. The molecule has 30 heavy (non-hydrogen) atoms. The molecule has 4 aliphatic carbocycles. The van der Waals surface area contributed by atoms with Crippen LogP contribution in [0.2, 0.25) is 19.6 Å². The maximum absolute atomic E-state index is 11.4. The lowest BCUT2D eigenvalue weighted by Gasteiger charge is -2.57. The average Bonchev–Trinajstić information content (AvgIpc) is 2.95. The van der Waals surface area contributed by atoms with Crippen LogP contribution >= 0.6 is 0 Å².